The molecule has 0 atom stereocenters. The van der Waals surface area contributed by atoms with Crippen molar-refractivity contribution < 1.29 is 23.0 Å². The fraction of sp³-hybridized carbons (Fsp3) is 0.250. The Morgan fingerprint density at radius 3 is 2.57 bits per heavy atom. The third-order valence-corrected chi connectivity index (χ3v) is 4.14. The molecule has 2 aromatic carbocycles. The van der Waals surface area contributed by atoms with Gasteiger partial charge < -0.3 is 15.2 Å². The SMILES string of the molecule is COc1ccc(CNc2ccccc2SCC(F)(F)F)cc1O. The average molecular weight is 343 g/mol. The van der Waals surface area contributed by atoms with E-state index in [1.165, 1.54) is 7.11 Å². The lowest BCUT2D eigenvalue weighted by Crippen LogP contribution is -2.11. The van der Waals surface area contributed by atoms with Crippen LogP contribution in [0, 0.1) is 0 Å². The third kappa shape index (κ3) is 5.28. The van der Waals surface area contributed by atoms with Crippen molar-refractivity contribution in [3.05, 3.63) is 48.0 Å². The first-order valence-electron chi connectivity index (χ1n) is 6.77. The summed E-state index contributed by atoms with van der Waals surface area (Å²) in [6.07, 6.45) is -4.21. The molecule has 3 nitrogen and oxygen atoms in total. The zero-order chi connectivity index (χ0) is 16.9. The summed E-state index contributed by atoms with van der Waals surface area (Å²) in [7, 11) is 1.46. The number of alkyl halides is 3. The number of nitrogens with one attached hydrogen (secondary N) is 1. The minimum Gasteiger partial charge on any atom is -0.504 e. The highest BCUT2D eigenvalue weighted by Crippen LogP contribution is 2.32. The van der Waals surface area contributed by atoms with E-state index in [1.54, 1.807) is 42.5 Å². The van der Waals surface area contributed by atoms with Crippen molar-refractivity contribution in [1.82, 2.24) is 0 Å². The van der Waals surface area contributed by atoms with E-state index >= 15 is 0 Å². The van der Waals surface area contributed by atoms with Gasteiger partial charge >= 0.3 is 6.18 Å². The van der Waals surface area contributed by atoms with Gasteiger partial charge in [0.05, 0.1) is 12.9 Å². The van der Waals surface area contributed by atoms with Crippen LogP contribution in [0.3, 0.4) is 0 Å². The quantitative estimate of drug-likeness (QED) is 0.748. The van der Waals surface area contributed by atoms with Gasteiger partial charge in [-0.2, -0.15) is 13.2 Å². The van der Waals surface area contributed by atoms with E-state index < -0.39 is 11.9 Å². The summed E-state index contributed by atoms with van der Waals surface area (Å²) in [6.45, 7) is 0.376. The summed E-state index contributed by atoms with van der Waals surface area (Å²) in [5, 5.41) is 12.8. The van der Waals surface area contributed by atoms with E-state index in [0.717, 1.165) is 17.3 Å². The second-order valence-corrected chi connectivity index (χ2v) is 5.78. The molecule has 0 fully saturated rings. The van der Waals surface area contributed by atoms with E-state index in [-0.39, 0.29) is 5.75 Å². The van der Waals surface area contributed by atoms with Crippen LogP contribution in [-0.4, -0.2) is 24.1 Å². The van der Waals surface area contributed by atoms with E-state index in [4.69, 9.17) is 4.74 Å². The van der Waals surface area contributed by atoms with Crippen LogP contribution < -0.4 is 10.1 Å². The molecule has 0 amide bonds. The molecule has 0 unspecified atom stereocenters. The fourth-order valence-corrected chi connectivity index (χ4v) is 2.73. The molecule has 0 saturated heterocycles. The van der Waals surface area contributed by atoms with Crippen LogP contribution in [-0.2, 0) is 6.54 Å². The lowest BCUT2D eigenvalue weighted by Gasteiger charge is -2.13. The van der Waals surface area contributed by atoms with Gasteiger partial charge in [0.25, 0.3) is 0 Å². The number of benzene rings is 2. The Kier molecular flexibility index (Phi) is 5.65. The van der Waals surface area contributed by atoms with Gasteiger partial charge in [-0.05, 0) is 29.8 Å². The molecule has 2 aromatic rings. The van der Waals surface area contributed by atoms with E-state index in [0.29, 0.717) is 22.9 Å². The molecular weight excluding hydrogens is 327 g/mol. The Morgan fingerprint density at radius 2 is 1.91 bits per heavy atom. The molecule has 0 bridgehead atoms. The van der Waals surface area contributed by atoms with Gasteiger partial charge in [-0.15, -0.1) is 11.8 Å². The molecular formula is C16H16F3NO2S. The van der Waals surface area contributed by atoms with Gasteiger partial charge in [-0.3, -0.25) is 0 Å². The summed E-state index contributed by atoms with van der Waals surface area (Å²) in [5.41, 5.74) is 1.41. The van der Waals surface area contributed by atoms with Gasteiger partial charge in [0.1, 0.15) is 0 Å². The molecule has 0 aliphatic heterocycles. The molecule has 7 heteroatoms. The molecule has 0 radical (unpaired) electrons. The molecule has 2 rings (SSSR count). The third-order valence-electron chi connectivity index (χ3n) is 3.00. The summed E-state index contributed by atoms with van der Waals surface area (Å²) < 4.78 is 42.0. The minimum atomic E-state index is -4.21. The van der Waals surface area contributed by atoms with Crippen LogP contribution in [0.1, 0.15) is 5.56 Å². The highest BCUT2D eigenvalue weighted by Gasteiger charge is 2.27. The number of rotatable bonds is 6. The molecule has 0 saturated carbocycles. The molecule has 0 aromatic heterocycles. The van der Waals surface area contributed by atoms with Crippen molar-refractivity contribution in [1.29, 1.82) is 0 Å². The maximum Gasteiger partial charge on any atom is 0.398 e. The van der Waals surface area contributed by atoms with E-state index in [9.17, 15) is 18.3 Å². The highest BCUT2D eigenvalue weighted by atomic mass is 32.2. The summed E-state index contributed by atoms with van der Waals surface area (Å²) in [5.74, 6) is -0.545. The van der Waals surface area contributed by atoms with Gasteiger partial charge in [0.15, 0.2) is 11.5 Å². The molecule has 0 spiro atoms. The molecule has 23 heavy (non-hydrogen) atoms. The predicted octanol–water partition coefficient (Wildman–Crippen LogP) is 4.67. The molecule has 124 valence electrons. The lowest BCUT2D eigenvalue weighted by atomic mass is 10.2. The maximum absolute atomic E-state index is 12.4. The Bertz CT molecular complexity index is 662. The maximum atomic E-state index is 12.4. The molecule has 0 aliphatic rings. The smallest absolute Gasteiger partial charge is 0.398 e. The zero-order valence-corrected chi connectivity index (χ0v) is 13.2. The number of phenols is 1. The number of halogens is 3. The Labute approximate surface area is 136 Å². The molecule has 2 N–H and O–H groups in total. The van der Waals surface area contributed by atoms with Crippen molar-refractivity contribution in [2.75, 3.05) is 18.2 Å². The standard InChI is InChI=1S/C16H16F3NO2S/c1-22-14-7-6-11(8-13(14)21)9-20-12-4-2-3-5-15(12)23-10-16(17,18)19/h2-8,20-21H,9-10H2,1H3. The lowest BCUT2D eigenvalue weighted by molar-refractivity contribution is -0.105. The summed E-state index contributed by atoms with van der Waals surface area (Å²) >= 11 is 0.741. The van der Waals surface area contributed by atoms with Crippen LogP contribution >= 0.6 is 11.8 Å². The number of para-hydroxylation sites is 1. The molecule has 0 heterocycles. The normalized spacial score (nSPS) is 11.3. The second-order valence-electron chi connectivity index (χ2n) is 4.76. The Morgan fingerprint density at radius 1 is 1.17 bits per heavy atom. The molecule has 0 aliphatic carbocycles. The largest absolute Gasteiger partial charge is 0.504 e. The number of thioether (sulfide) groups is 1. The monoisotopic (exact) mass is 343 g/mol. The van der Waals surface area contributed by atoms with Crippen molar-refractivity contribution in [3.8, 4) is 11.5 Å². The van der Waals surface area contributed by atoms with Gasteiger partial charge in [0, 0.05) is 17.1 Å². The Hall–Kier alpha value is -2.02. The minimum absolute atomic E-state index is 0.0199. The fourth-order valence-electron chi connectivity index (χ4n) is 1.94. The van der Waals surface area contributed by atoms with Gasteiger partial charge in [0.2, 0.25) is 0 Å². The van der Waals surface area contributed by atoms with E-state index in [2.05, 4.69) is 5.32 Å². The van der Waals surface area contributed by atoms with Crippen LogP contribution in [0.25, 0.3) is 0 Å². The van der Waals surface area contributed by atoms with Gasteiger partial charge in [-0.25, -0.2) is 0 Å². The van der Waals surface area contributed by atoms with Crippen LogP contribution in [0.5, 0.6) is 11.5 Å². The van der Waals surface area contributed by atoms with Crippen molar-refractivity contribution in [2.45, 2.75) is 17.6 Å². The second kappa shape index (κ2) is 7.50. The number of hydrogen-bond acceptors (Lipinski definition) is 4. The average Bonchev–Trinajstić information content (AvgIpc) is 2.51. The Balaban J connectivity index is 2.04. The summed E-state index contributed by atoms with van der Waals surface area (Å²) in [4.78, 5) is 0.530. The van der Waals surface area contributed by atoms with Crippen molar-refractivity contribution >= 4 is 17.4 Å². The first-order valence-corrected chi connectivity index (χ1v) is 7.76. The van der Waals surface area contributed by atoms with Gasteiger partial charge in [-0.1, -0.05) is 18.2 Å². The van der Waals surface area contributed by atoms with E-state index in [1.807, 2.05) is 0 Å². The highest BCUT2D eigenvalue weighted by molar-refractivity contribution is 7.99. The number of anilines is 1. The van der Waals surface area contributed by atoms with Crippen molar-refractivity contribution in [3.63, 3.8) is 0 Å². The number of hydrogen-bond donors (Lipinski definition) is 2. The van der Waals surface area contributed by atoms with Crippen LogP contribution in [0.2, 0.25) is 0 Å². The van der Waals surface area contributed by atoms with Crippen LogP contribution in [0.15, 0.2) is 47.4 Å². The number of ether oxygens (including phenoxy) is 1. The number of aromatic hydroxyl groups is 1. The predicted molar refractivity (Wildman–Crippen MR) is 85.2 cm³/mol. The topological polar surface area (TPSA) is 41.5 Å². The first kappa shape index (κ1) is 17.3. The number of phenolic OH excluding ortho intramolecular Hbond substituents is 1. The van der Waals surface area contributed by atoms with Crippen LogP contribution in [0.4, 0.5) is 18.9 Å². The summed E-state index contributed by atoms with van der Waals surface area (Å²) in [6, 6.07) is 11.8. The zero-order valence-electron chi connectivity index (χ0n) is 12.4. The number of methoxy groups -OCH3 is 1. The first-order chi connectivity index (χ1) is 10.9. The van der Waals surface area contributed by atoms with Crippen molar-refractivity contribution in [2.24, 2.45) is 0 Å².